The van der Waals surface area contributed by atoms with Gasteiger partial charge in [-0.25, -0.2) is 24.0 Å². The number of halogens is 21. The van der Waals surface area contributed by atoms with Gasteiger partial charge in [0.15, 0.2) is 0 Å². The van der Waals surface area contributed by atoms with E-state index in [4.69, 9.17) is 69.3 Å². The first-order valence-electron chi connectivity index (χ1n) is 8.67. The number of carboxylic acids is 7. The number of hydrogen-bond acceptors (Lipinski definition) is 9. The van der Waals surface area contributed by atoms with Crippen molar-refractivity contribution in [3.8, 4) is 0 Å². The van der Waals surface area contributed by atoms with E-state index in [1.807, 2.05) is 0 Å². The molecule has 0 aromatic carbocycles. The Bertz CT molecular complexity index is 841. The zero-order valence-electron chi connectivity index (χ0n) is 22.4. The Morgan fingerprint density at radius 3 is 0.346 bits per heavy atom. The van der Waals surface area contributed by atoms with Gasteiger partial charge in [-0.2, -0.15) is 92.2 Å². The van der Waals surface area contributed by atoms with E-state index in [-0.39, 0.29) is 98.7 Å². The van der Waals surface area contributed by atoms with Crippen molar-refractivity contribution < 1.29 is 211 Å². The molecular weight excluding hydrogens is 1080 g/mol. The molecule has 0 heterocycles. The second kappa shape index (κ2) is 30.4. The van der Waals surface area contributed by atoms with E-state index in [0.29, 0.717) is 0 Å². The monoisotopic (exact) mass is 1090 g/mol. The van der Waals surface area contributed by atoms with Crippen LogP contribution < -0.4 is 10.2 Å². The van der Waals surface area contributed by atoms with Crippen molar-refractivity contribution in [1.82, 2.24) is 0 Å². The molecule has 0 bridgehead atoms. The van der Waals surface area contributed by atoms with Crippen molar-refractivity contribution in [2.75, 3.05) is 0 Å². The van der Waals surface area contributed by atoms with Gasteiger partial charge in [-0.1, -0.05) is 0 Å². The molecule has 0 saturated heterocycles. The van der Waals surface area contributed by atoms with Crippen LogP contribution in [0.3, 0.4) is 0 Å². The van der Waals surface area contributed by atoms with E-state index in [9.17, 15) is 92.2 Å². The molecule has 0 amide bonds. The van der Waals surface area contributed by atoms with E-state index in [1.54, 1.807) is 0 Å². The van der Waals surface area contributed by atoms with Crippen LogP contribution in [0.15, 0.2) is 0 Å². The standard InChI is InChI=1S/7C2HF3O2.Ba.Cu.Y/c7*3-2(4,5)1(6)7;;;/h7*(H,6,7);;;/q;;;;;;;+2;;/p-2. The van der Waals surface area contributed by atoms with Crippen molar-refractivity contribution in [3.63, 3.8) is 0 Å². The Hall–Kier alpha value is -1.99. The first kappa shape index (κ1) is 75.0. The Morgan fingerprint density at radius 1 is 0.308 bits per heavy atom. The van der Waals surface area contributed by atoms with Gasteiger partial charge in [-0.05, 0) is 0 Å². The third kappa shape index (κ3) is 66.3. The molecule has 308 valence electrons. The molecule has 14 nitrogen and oxygen atoms in total. The summed E-state index contributed by atoms with van der Waals surface area (Å²) in [7, 11) is 0. The molecule has 38 heteroatoms. The largest absolute Gasteiger partial charge is 2.00 e. The van der Waals surface area contributed by atoms with Crippen LogP contribution in [0, 0.1) is 0 Å². The summed E-state index contributed by atoms with van der Waals surface area (Å²) in [5.41, 5.74) is 0. The van der Waals surface area contributed by atoms with Gasteiger partial charge in [0, 0.05) is 49.8 Å². The predicted molar refractivity (Wildman–Crippen MR) is 96.3 cm³/mol. The van der Waals surface area contributed by atoms with Crippen LogP contribution in [0.2, 0.25) is 0 Å². The van der Waals surface area contributed by atoms with Crippen LogP contribution in [0.5, 0.6) is 0 Å². The van der Waals surface area contributed by atoms with Gasteiger partial charge in [0.2, 0.25) is 0 Å². The average Bonchev–Trinajstić information content (AvgIpc) is 2.77. The van der Waals surface area contributed by atoms with Gasteiger partial charge in [-0.3, -0.25) is 0 Å². The fraction of sp³-hybridized carbons (Fsp3) is 0.500. The van der Waals surface area contributed by atoms with Gasteiger partial charge in [-0.15, -0.1) is 0 Å². The molecule has 0 aromatic heterocycles. The van der Waals surface area contributed by atoms with Crippen molar-refractivity contribution >= 4 is 90.7 Å². The molecule has 0 rings (SSSR count). The number of alkyl halides is 21. The maximum absolute atomic E-state index is 10.6. The first-order valence-corrected chi connectivity index (χ1v) is 8.67. The van der Waals surface area contributed by atoms with Crippen molar-refractivity contribution in [2.45, 2.75) is 43.2 Å². The molecule has 0 aliphatic heterocycles. The second-order valence-corrected chi connectivity index (χ2v) is 5.58. The molecule has 5 N–H and O–H groups in total. The Morgan fingerprint density at radius 2 is 0.346 bits per heavy atom. The van der Waals surface area contributed by atoms with E-state index in [1.165, 1.54) is 0 Å². The predicted octanol–water partition coefficient (Wildman–Crippen LogP) is 1.38. The van der Waals surface area contributed by atoms with Gasteiger partial charge in [0.05, 0.1) is 0 Å². The second-order valence-electron chi connectivity index (χ2n) is 5.58. The molecule has 2 radical (unpaired) electrons. The van der Waals surface area contributed by atoms with Gasteiger partial charge in [0.1, 0.15) is 11.9 Å². The van der Waals surface area contributed by atoms with Gasteiger partial charge >= 0.3 is 122 Å². The van der Waals surface area contributed by atoms with Crippen LogP contribution >= 0.6 is 0 Å². The normalized spacial score (nSPS) is 10.6. The average molecular weight is 1090 g/mol. The summed E-state index contributed by atoms with van der Waals surface area (Å²) in [6.45, 7) is 0. The number of aliphatic carboxylic acids is 7. The maximum atomic E-state index is 10.6. The molecular formula is C14H5BaCuF21O14Y. The van der Waals surface area contributed by atoms with Crippen LogP contribution in [0.4, 0.5) is 92.2 Å². The van der Waals surface area contributed by atoms with Crippen molar-refractivity contribution in [1.29, 1.82) is 0 Å². The van der Waals surface area contributed by atoms with Crippen molar-refractivity contribution in [3.05, 3.63) is 0 Å². The summed E-state index contributed by atoms with van der Waals surface area (Å²) in [6.07, 6.45) is -35.8. The molecule has 0 saturated carbocycles. The van der Waals surface area contributed by atoms with Gasteiger partial charge in [0.25, 0.3) is 0 Å². The number of hydrogen-bond donors (Lipinski definition) is 5. The minimum absolute atomic E-state index is 0. The minimum atomic E-state index is -5.19. The molecule has 0 atom stereocenters. The van der Waals surface area contributed by atoms with Crippen LogP contribution in [0.25, 0.3) is 0 Å². The van der Waals surface area contributed by atoms with E-state index in [2.05, 4.69) is 0 Å². The zero-order valence-corrected chi connectivity index (χ0v) is 30.7. The molecule has 0 fully saturated rings. The Labute approximate surface area is 342 Å². The quantitative estimate of drug-likeness (QED) is 0.170. The van der Waals surface area contributed by atoms with Crippen LogP contribution in [-0.4, -0.2) is 159 Å². The molecule has 52 heavy (non-hydrogen) atoms. The Balaban J connectivity index is -0.0000000490. The minimum Gasteiger partial charge on any atom is -0.542 e. The SMILES string of the molecule is O=C(O)C(F)(F)F.O=C(O)C(F)(F)F.O=C(O)C(F)(F)F.O=C(O)C(F)(F)F.O=C(O)C(F)(F)F.O=C([O-])C(F)(F)F.O=C([O-])C(F)(F)F.[Ba+2].[Cu].[Y]. The summed E-state index contributed by atoms with van der Waals surface area (Å²) >= 11 is 0. The summed E-state index contributed by atoms with van der Waals surface area (Å²) in [5, 5.41) is 53.2. The van der Waals surface area contributed by atoms with E-state index >= 15 is 0 Å². The summed E-state index contributed by atoms with van der Waals surface area (Å²) in [5.74, 6) is -19.8. The van der Waals surface area contributed by atoms with Gasteiger partial charge < -0.3 is 45.3 Å². The fourth-order valence-corrected chi connectivity index (χ4v) is 0. The Kier molecular flexibility index (Phi) is 43.8. The van der Waals surface area contributed by atoms with Crippen molar-refractivity contribution in [2.24, 2.45) is 0 Å². The molecule has 0 aliphatic carbocycles. The topological polar surface area (TPSA) is 267 Å². The molecule has 0 aliphatic rings. The summed E-state index contributed by atoms with van der Waals surface area (Å²) in [4.78, 5) is 62.0. The first-order chi connectivity index (χ1) is 20.6. The third-order valence-corrected chi connectivity index (χ3v) is 1.68. The molecule has 0 aromatic rings. The van der Waals surface area contributed by atoms with Crippen LogP contribution in [0.1, 0.15) is 0 Å². The zero-order chi connectivity index (χ0) is 42.5. The maximum Gasteiger partial charge on any atom is 2.00 e. The molecule has 0 spiro atoms. The van der Waals surface area contributed by atoms with Crippen LogP contribution in [-0.2, 0) is 83.3 Å². The molecule has 0 unspecified atom stereocenters. The van der Waals surface area contributed by atoms with E-state index < -0.39 is 85.0 Å². The number of carbonyl (C=O) groups excluding carboxylic acids is 2. The smallest absolute Gasteiger partial charge is 0.542 e. The van der Waals surface area contributed by atoms with E-state index in [0.717, 1.165) is 0 Å². The number of rotatable bonds is 0. The summed E-state index contributed by atoms with van der Waals surface area (Å²) < 4.78 is 222. The number of carbonyl (C=O) groups is 7. The fourth-order valence-electron chi connectivity index (χ4n) is 0. The third-order valence-electron chi connectivity index (χ3n) is 1.68. The number of carboxylic acid groups (broad SMARTS) is 7. The summed E-state index contributed by atoms with van der Waals surface area (Å²) in [6, 6.07) is 0.